The third-order valence-electron chi connectivity index (χ3n) is 2.70. The summed E-state index contributed by atoms with van der Waals surface area (Å²) in [6, 6.07) is 7.44. The van der Waals surface area contributed by atoms with Gasteiger partial charge in [-0.05, 0) is 42.8 Å². The lowest BCUT2D eigenvalue weighted by atomic mass is 9.98. The predicted octanol–water partition coefficient (Wildman–Crippen LogP) is 3.09. The van der Waals surface area contributed by atoms with Gasteiger partial charge in [0, 0.05) is 16.8 Å². The minimum absolute atomic E-state index is 0.0451. The van der Waals surface area contributed by atoms with Crippen molar-refractivity contribution in [2.45, 2.75) is 6.92 Å². The van der Waals surface area contributed by atoms with Crippen LogP contribution in [0.2, 0.25) is 0 Å². The van der Waals surface area contributed by atoms with Crippen molar-refractivity contribution in [3.05, 3.63) is 64.7 Å². The number of nitrogen functional groups attached to an aromatic ring is 1. The first-order valence-electron chi connectivity index (χ1n) is 5.35. The zero-order valence-electron chi connectivity index (χ0n) is 9.71. The summed E-state index contributed by atoms with van der Waals surface area (Å²) in [6.07, 6.45) is 0. The molecule has 0 spiro atoms. The molecule has 18 heavy (non-hydrogen) atoms. The van der Waals surface area contributed by atoms with Gasteiger partial charge in [-0.3, -0.25) is 4.79 Å². The van der Waals surface area contributed by atoms with Crippen LogP contribution < -0.4 is 5.73 Å². The molecular weight excluding hydrogens is 236 g/mol. The highest BCUT2D eigenvalue weighted by molar-refractivity contribution is 6.12. The fraction of sp³-hybridized carbons (Fsp3) is 0.0714. The van der Waals surface area contributed by atoms with Crippen LogP contribution in [0.15, 0.2) is 36.4 Å². The smallest absolute Gasteiger partial charge is 0.195 e. The molecule has 4 heteroatoms. The number of carbonyl (C=O) groups excluding carboxylic acids is 1. The molecule has 0 aliphatic heterocycles. The van der Waals surface area contributed by atoms with Gasteiger partial charge in [-0.15, -0.1) is 0 Å². The first kappa shape index (κ1) is 12.2. The van der Waals surface area contributed by atoms with Gasteiger partial charge in [-0.25, -0.2) is 8.78 Å². The van der Waals surface area contributed by atoms with E-state index in [0.29, 0.717) is 5.56 Å². The lowest BCUT2D eigenvalue weighted by Crippen LogP contribution is -2.08. The van der Waals surface area contributed by atoms with Crippen molar-refractivity contribution in [1.82, 2.24) is 0 Å². The van der Waals surface area contributed by atoms with Crippen LogP contribution in [0.25, 0.3) is 0 Å². The lowest BCUT2D eigenvalue weighted by Gasteiger charge is -2.07. The molecule has 0 atom stereocenters. The van der Waals surface area contributed by atoms with E-state index in [1.54, 1.807) is 6.92 Å². The van der Waals surface area contributed by atoms with E-state index in [1.165, 1.54) is 24.3 Å². The molecule has 0 bridgehead atoms. The summed E-state index contributed by atoms with van der Waals surface area (Å²) < 4.78 is 26.3. The molecule has 0 radical (unpaired) electrons. The van der Waals surface area contributed by atoms with Gasteiger partial charge in [-0.2, -0.15) is 0 Å². The van der Waals surface area contributed by atoms with E-state index in [1.807, 2.05) is 0 Å². The summed E-state index contributed by atoms with van der Waals surface area (Å²) in [6.45, 7) is 1.68. The average molecular weight is 247 g/mol. The largest absolute Gasteiger partial charge is 0.398 e. The van der Waals surface area contributed by atoms with E-state index < -0.39 is 17.4 Å². The van der Waals surface area contributed by atoms with Crippen molar-refractivity contribution in [3.8, 4) is 0 Å². The zero-order valence-corrected chi connectivity index (χ0v) is 9.71. The Labute approximate surface area is 103 Å². The third-order valence-corrected chi connectivity index (χ3v) is 2.70. The van der Waals surface area contributed by atoms with Crippen molar-refractivity contribution in [2.75, 3.05) is 5.73 Å². The second kappa shape index (κ2) is 4.56. The molecular formula is C14H11F2NO. The number of hydrogen-bond donors (Lipinski definition) is 1. The molecule has 0 amide bonds. The van der Waals surface area contributed by atoms with Crippen molar-refractivity contribution in [1.29, 1.82) is 0 Å². The summed E-state index contributed by atoms with van der Waals surface area (Å²) >= 11 is 0. The van der Waals surface area contributed by atoms with Gasteiger partial charge in [0.05, 0.1) is 0 Å². The molecule has 0 aliphatic carbocycles. The fourth-order valence-corrected chi connectivity index (χ4v) is 1.71. The predicted molar refractivity (Wildman–Crippen MR) is 65.4 cm³/mol. The van der Waals surface area contributed by atoms with E-state index in [2.05, 4.69) is 0 Å². The fourth-order valence-electron chi connectivity index (χ4n) is 1.71. The molecule has 0 fully saturated rings. The van der Waals surface area contributed by atoms with Crippen LogP contribution in [-0.2, 0) is 0 Å². The van der Waals surface area contributed by atoms with E-state index >= 15 is 0 Å². The molecule has 2 aromatic rings. The number of anilines is 1. The number of halogens is 2. The Bertz CT molecular complexity index is 570. The number of rotatable bonds is 2. The number of aryl methyl sites for hydroxylation is 1. The highest BCUT2D eigenvalue weighted by Gasteiger charge is 2.16. The SMILES string of the molecule is Cc1ccc(F)cc1C(=O)c1cc(F)ccc1N. The van der Waals surface area contributed by atoms with E-state index in [4.69, 9.17) is 5.73 Å². The number of benzene rings is 2. The molecule has 0 heterocycles. The van der Waals surface area contributed by atoms with E-state index in [-0.39, 0.29) is 16.8 Å². The molecule has 2 N–H and O–H groups in total. The van der Waals surface area contributed by atoms with Crippen molar-refractivity contribution >= 4 is 11.5 Å². The summed E-state index contributed by atoms with van der Waals surface area (Å²) in [5.41, 5.74) is 6.65. The van der Waals surface area contributed by atoms with Gasteiger partial charge in [0.15, 0.2) is 5.78 Å². The molecule has 2 nitrogen and oxygen atoms in total. The Morgan fingerprint density at radius 3 is 2.22 bits per heavy atom. The van der Waals surface area contributed by atoms with Gasteiger partial charge >= 0.3 is 0 Å². The molecule has 2 aromatic carbocycles. The quantitative estimate of drug-likeness (QED) is 0.654. The Hall–Kier alpha value is -2.23. The Morgan fingerprint density at radius 1 is 1.00 bits per heavy atom. The van der Waals surface area contributed by atoms with Gasteiger partial charge in [0.2, 0.25) is 0 Å². The minimum atomic E-state index is -0.554. The molecule has 2 rings (SSSR count). The van der Waals surface area contributed by atoms with Crippen molar-refractivity contribution in [3.63, 3.8) is 0 Å². The minimum Gasteiger partial charge on any atom is -0.398 e. The second-order valence-electron chi connectivity index (χ2n) is 4.02. The maximum Gasteiger partial charge on any atom is 0.195 e. The van der Waals surface area contributed by atoms with Crippen LogP contribution in [-0.4, -0.2) is 5.78 Å². The van der Waals surface area contributed by atoms with Gasteiger partial charge in [0.25, 0.3) is 0 Å². The summed E-state index contributed by atoms with van der Waals surface area (Å²) in [7, 11) is 0. The topological polar surface area (TPSA) is 43.1 Å². The first-order valence-corrected chi connectivity index (χ1v) is 5.35. The Balaban J connectivity index is 2.54. The summed E-state index contributed by atoms with van der Waals surface area (Å²) in [5, 5.41) is 0. The second-order valence-corrected chi connectivity index (χ2v) is 4.02. The Morgan fingerprint density at radius 2 is 1.56 bits per heavy atom. The van der Waals surface area contributed by atoms with Crippen LogP contribution in [0.4, 0.5) is 14.5 Å². The maximum atomic E-state index is 13.1. The highest BCUT2D eigenvalue weighted by atomic mass is 19.1. The van der Waals surface area contributed by atoms with Crippen molar-refractivity contribution < 1.29 is 13.6 Å². The van der Waals surface area contributed by atoms with Crippen LogP contribution in [0.3, 0.4) is 0 Å². The molecule has 0 saturated carbocycles. The number of hydrogen-bond acceptors (Lipinski definition) is 2. The maximum absolute atomic E-state index is 13.1. The molecule has 0 saturated heterocycles. The number of carbonyl (C=O) groups is 1. The third kappa shape index (κ3) is 2.22. The first-order chi connectivity index (χ1) is 8.49. The monoisotopic (exact) mass is 247 g/mol. The molecule has 0 unspecified atom stereocenters. The molecule has 0 aromatic heterocycles. The van der Waals surface area contributed by atoms with Crippen LogP contribution in [0, 0.1) is 18.6 Å². The van der Waals surface area contributed by atoms with Crippen molar-refractivity contribution in [2.24, 2.45) is 0 Å². The lowest BCUT2D eigenvalue weighted by molar-refractivity contribution is 0.103. The number of ketones is 1. The van der Waals surface area contributed by atoms with E-state index in [0.717, 1.165) is 12.1 Å². The number of nitrogens with two attached hydrogens (primary N) is 1. The summed E-state index contributed by atoms with van der Waals surface area (Å²) in [4.78, 5) is 12.2. The van der Waals surface area contributed by atoms with E-state index in [9.17, 15) is 13.6 Å². The average Bonchev–Trinajstić information content (AvgIpc) is 2.34. The molecule has 0 aliphatic rings. The van der Waals surface area contributed by atoms with Gasteiger partial charge < -0.3 is 5.73 Å². The van der Waals surface area contributed by atoms with Crippen LogP contribution >= 0.6 is 0 Å². The molecule has 92 valence electrons. The van der Waals surface area contributed by atoms with Crippen LogP contribution in [0.1, 0.15) is 21.5 Å². The standard InChI is InChI=1S/C14H11F2NO/c1-8-2-3-9(15)6-11(8)14(18)12-7-10(16)4-5-13(12)17/h2-7H,17H2,1H3. The summed E-state index contributed by atoms with van der Waals surface area (Å²) in [5.74, 6) is -1.55. The van der Waals surface area contributed by atoms with Crippen LogP contribution in [0.5, 0.6) is 0 Å². The van der Waals surface area contributed by atoms with Gasteiger partial charge in [0.1, 0.15) is 11.6 Å². The zero-order chi connectivity index (χ0) is 13.3. The highest BCUT2D eigenvalue weighted by Crippen LogP contribution is 2.20. The Kier molecular flexibility index (Phi) is 3.10. The van der Waals surface area contributed by atoms with Gasteiger partial charge in [-0.1, -0.05) is 6.07 Å². The normalized spacial score (nSPS) is 10.4.